The number of imidazole rings is 1. The van der Waals surface area contributed by atoms with Crippen LogP contribution in [-0.2, 0) is 6.54 Å². The normalized spacial score (nSPS) is 11.4. The fraction of sp³-hybridized carbons (Fsp3) is 0.105. The molecule has 0 saturated carbocycles. The molecule has 2 aromatic heterocycles. The van der Waals surface area contributed by atoms with E-state index in [0.717, 1.165) is 28.2 Å². The highest BCUT2D eigenvalue weighted by atomic mass is 15.0. The van der Waals surface area contributed by atoms with E-state index in [-0.39, 0.29) is 0 Å². The number of pyridine rings is 1. The maximum Gasteiger partial charge on any atom is 0.142 e. The van der Waals surface area contributed by atoms with E-state index in [1.807, 2.05) is 18.3 Å². The lowest BCUT2D eigenvalue weighted by atomic mass is 10.0. The summed E-state index contributed by atoms with van der Waals surface area (Å²) in [6, 6.07) is 18.9. The van der Waals surface area contributed by atoms with Crippen LogP contribution in [0.1, 0.15) is 11.3 Å². The van der Waals surface area contributed by atoms with Gasteiger partial charge < -0.3 is 10.1 Å². The molecule has 2 heterocycles. The number of aryl methyl sites for hydroxylation is 1. The van der Waals surface area contributed by atoms with E-state index in [1.54, 1.807) is 0 Å². The second-order valence-corrected chi connectivity index (χ2v) is 5.54. The van der Waals surface area contributed by atoms with Gasteiger partial charge in [-0.25, -0.2) is 4.98 Å². The molecule has 0 aliphatic carbocycles. The quantitative estimate of drug-likeness (QED) is 0.607. The Kier molecular flexibility index (Phi) is 2.94. The average Bonchev–Trinajstić information content (AvgIpc) is 2.91. The van der Waals surface area contributed by atoms with Gasteiger partial charge in [-0.05, 0) is 29.8 Å². The highest BCUT2D eigenvalue weighted by molar-refractivity contribution is 5.87. The van der Waals surface area contributed by atoms with Crippen molar-refractivity contribution in [1.29, 1.82) is 0 Å². The Balaban J connectivity index is 1.97. The van der Waals surface area contributed by atoms with Crippen molar-refractivity contribution in [2.24, 2.45) is 5.73 Å². The first-order valence-corrected chi connectivity index (χ1v) is 7.44. The summed E-state index contributed by atoms with van der Waals surface area (Å²) in [5.41, 5.74) is 11.2. The van der Waals surface area contributed by atoms with Gasteiger partial charge in [-0.1, -0.05) is 42.5 Å². The van der Waals surface area contributed by atoms with Crippen molar-refractivity contribution in [3.63, 3.8) is 0 Å². The Morgan fingerprint density at radius 3 is 2.64 bits per heavy atom. The minimum Gasteiger partial charge on any atom is -0.326 e. The predicted octanol–water partition coefficient (Wildman–Crippen LogP) is 3.92. The number of rotatable bonds is 2. The van der Waals surface area contributed by atoms with Crippen LogP contribution >= 0.6 is 0 Å². The first-order chi connectivity index (χ1) is 10.8. The molecular formula is C19H17N3. The van der Waals surface area contributed by atoms with Crippen LogP contribution in [0.15, 0.2) is 60.8 Å². The van der Waals surface area contributed by atoms with Crippen molar-refractivity contribution in [3.05, 3.63) is 72.1 Å². The molecule has 3 nitrogen and oxygen atoms in total. The van der Waals surface area contributed by atoms with Crippen LogP contribution in [0.3, 0.4) is 0 Å². The first kappa shape index (κ1) is 13.0. The second-order valence-electron chi connectivity index (χ2n) is 5.54. The molecule has 0 radical (unpaired) electrons. The molecule has 0 atom stereocenters. The Bertz CT molecular complexity index is 982. The lowest BCUT2D eigenvalue weighted by Crippen LogP contribution is -1.99. The molecule has 4 aromatic rings. The third kappa shape index (κ3) is 1.90. The van der Waals surface area contributed by atoms with E-state index in [0.29, 0.717) is 6.54 Å². The summed E-state index contributed by atoms with van der Waals surface area (Å²) in [4.78, 5) is 4.84. The number of hydrogen-bond acceptors (Lipinski definition) is 2. The molecule has 2 N–H and O–H groups in total. The summed E-state index contributed by atoms with van der Waals surface area (Å²) < 4.78 is 2.12. The zero-order valence-corrected chi connectivity index (χ0v) is 12.5. The smallest absolute Gasteiger partial charge is 0.142 e. The van der Waals surface area contributed by atoms with E-state index < -0.39 is 0 Å². The first-order valence-electron chi connectivity index (χ1n) is 7.44. The molecule has 2 aromatic carbocycles. The van der Waals surface area contributed by atoms with Gasteiger partial charge in [0.15, 0.2) is 0 Å². The van der Waals surface area contributed by atoms with E-state index in [9.17, 15) is 0 Å². The molecular weight excluding hydrogens is 270 g/mol. The Labute approximate surface area is 129 Å². The lowest BCUT2D eigenvalue weighted by molar-refractivity contribution is 1.03. The van der Waals surface area contributed by atoms with Gasteiger partial charge in [-0.3, -0.25) is 0 Å². The monoisotopic (exact) mass is 287 g/mol. The number of benzene rings is 2. The van der Waals surface area contributed by atoms with E-state index in [1.165, 1.54) is 10.8 Å². The largest absolute Gasteiger partial charge is 0.326 e. The molecule has 0 amide bonds. The van der Waals surface area contributed by atoms with Crippen molar-refractivity contribution in [1.82, 2.24) is 9.38 Å². The van der Waals surface area contributed by atoms with Crippen LogP contribution in [0.25, 0.3) is 27.7 Å². The molecule has 0 aliphatic heterocycles. The maximum atomic E-state index is 5.83. The van der Waals surface area contributed by atoms with Crippen molar-refractivity contribution >= 4 is 16.4 Å². The summed E-state index contributed by atoms with van der Waals surface area (Å²) in [6.45, 7) is 2.60. The molecule has 0 unspecified atom stereocenters. The highest BCUT2D eigenvalue weighted by Gasteiger charge is 2.12. The van der Waals surface area contributed by atoms with Gasteiger partial charge in [0.25, 0.3) is 0 Å². The molecule has 4 rings (SSSR count). The summed E-state index contributed by atoms with van der Waals surface area (Å²) in [6.07, 6.45) is 2.04. The van der Waals surface area contributed by atoms with Crippen LogP contribution in [0.5, 0.6) is 0 Å². The fourth-order valence-electron chi connectivity index (χ4n) is 3.01. The zero-order valence-electron chi connectivity index (χ0n) is 12.5. The minimum absolute atomic E-state index is 0.498. The zero-order chi connectivity index (χ0) is 15.1. The molecule has 0 fully saturated rings. The maximum absolute atomic E-state index is 5.83. The number of hydrogen-bond donors (Lipinski definition) is 1. The van der Waals surface area contributed by atoms with Gasteiger partial charge >= 0.3 is 0 Å². The van der Waals surface area contributed by atoms with Crippen LogP contribution < -0.4 is 5.73 Å². The molecule has 22 heavy (non-hydrogen) atoms. The number of fused-ring (bicyclic) bond motifs is 2. The summed E-state index contributed by atoms with van der Waals surface area (Å²) in [5, 5.41) is 2.48. The number of aromatic nitrogens is 2. The summed E-state index contributed by atoms with van der Waals surface area (Å²) in [7, 11) is 0. The van der Waals surface area contributed by atoms with Crippen LogP contribution in [0, 0.1) is 6.92 Å². The van der Waals surface area contributed by atoms with Gasteiger partial charge in [0.2, 0.25) is 0 Å². The van der Waals surface area contributed by atoms with E-state index in [2.05, 4.69) is 53.8 Å². The fourth-order valence-corrected chi connectivity index (χ4v) is 3.01. The van der Waals surface area contributed by atoms with Crippen LogP contribution in [0.2, 0.25) is 0 Å². The van der Waals surface area contributed by atoms with Crippen LogP contribution in [-0.4, -0.2) is 9.38 Å². The van der Waals surface area contributed by atoms with Gasteiger partial charge in [-0.2, -0.15) is 0 Å². The molecule has 0 saturated heterocycles. The van der Waals surface area contributed by atoms with Gasteiger partial charge in [0.05, 0.1) is 5.69 Å². The van der Waals surface area contributed by atoms with Crippen molar-refractivity contribution in [2.45, 2.75) is 13.5 Å². The van der Waals surface area contributed by atoms with Gasteiger partial charge in [-0.15, -0.1) is 0 Å². The van der Waals surface area contributed by atoms with Crippen molar-refractivity contribution in [3.8, 4) is 11.3 Å². The highest BCUT2D eigenvalue weighted by Crippen LogP contribution is 2.28. The van der Waals surface area contributed by atoms with Crippen LogP contribution in [0.4, 0.5) is 0 Å². The van der Waals surface area contributed by atoms with E-state index in [4.69, 9.17) is 10.7 Å². The molecule has 0 aliphatic rings. The van der Waals surface area contributed by atoms with Crippen molar-refractivity contribution in [2.75, 3.05) is 0 Å². The Hall–Kier alpha value is -2.65. The molecule has 3 heteroatoms. The second kappa shape index (κ2) is 4.97. The third-order valence-corrected chi connectivity index (χ3v) is 4.21. The van der Waals surface area contributed by atoms with E-state index >= 15 is 0 Å². The molecule has 108 valence electrons. The summed E-state index contributed by atoms with van der Waals surface area (Å²) in [5.74, 6) is 0. The van der Waals surface area contributed by atoms with Gasteiger partial charge in [0.1, 0.15) is 5.65 Å². The summed E-state index contributed by atoms with van der Waals surface area (Å²) >= 11 is 0. The Morgan fingerprint density at radius 1 is 1.00 bits per heavy atom. The SMILES string of the molecule is Cc1c(-c2ccc3ccccc3c2)nc2c(CN)cccn12. The van der Waals surface area contributed by atoms with Gasteiger partial charge in [0, 0.05) is 29.6 Å². The average molecular weight is 287 g/mol. The van der Waals surface area contributed by atoms with Crippen molar-refractivity contribution < 1.29 is 0 Å². The lowest BCUT2D eigenvalue weighted by Gasteiger charge is -2.02. The minimum atomic E-state index is 0.498. The Morgan fingerprint density at radius 2 is 1.82 bits per heavy atom. The topological polar surface area (TPSA) is 43.3 Å². The third-order valence-electron chi connectivity index (χ3n) is 4.21. The molecule has 0 bridgehead atoms. The standard InChI is InChI=1S/C19H17N3/c1-13-18(21-19-17(12-20)7-4-10-22(13)19)16-9-8-14-5-2-3-6-15(14)11-16/h2-11H,12,20H2,1H3. The predicted molar refractivity (Wildman–Crippen MR) is 90.8 cm³/mol. The number of nitrogens with zero attached hydrogens (tertiary/aromatic N) is 2. The number of nitrogens with two attached hydrogens (primary N) is 1. The molecule has 0 spiro atoms.